The zero-order chi connectivity index (χ0) is 37.0. The Kier molecular flexibility index (Phi) is 7.42. The highest BCUT2D eigenvalue weighted by molar-refractivity contribution is 6.24. The maximum atomic E-state index is 7.03. The SMILES string of the molecule is c1ccc(-c2ccc(-c3nc(-c4cccc(-c5ccccc5)c4)nc(-c4cccc5c4oc4c5ccc5c4c4ccccc4n5-c4ccccc4)n3)cc2)cc1. The van der Waals surface area contributed by atoms with Gasteiger partial charge in [0.15, 0.2) is 17.5 Å². The van der Waals surface area contributed by atoms with E-state index in [1.54, 1.807) is 0 Å². The van der Waals surface area contributed by atoms with E-state index in [0.717, 1.165) is 88.4 Å². The minimum Gasteiger partial charge on any atom is -0.455 e. The first-order valence-corrected chi connectivity index (χ1v) is 18.8. The van der Waals surface area contributed by atoms with E-state index >= 15 is 0 Å². The predicted octanol–water partition coefficient (Wildman–Crippen LogP) is 13.2. The van der Waals surface area contributed by atoms with Crippen LogP contribution < -0.4 is 0 Å². The molecule has 0 amide bonds. The third-order valence-electron chi connectivity index (χ3n) is 10.7. The van der Waals surface area contributed by atoms with E-state index in [0.29, 0.717) is 17.5 Å². The second kappa shape index (κ2) is 13.0. The van der Waals surface area contributed by atoms with Gasteiger partial charge in [-0.15, -0.1) is 0 Å². The van der Waals surface area contributed by atoms with Gasteiger partial charge in [0.05, 0.1) is 22.0 Å². The van der Waals surface area contributed by atoms with Crippen LogP contribution in [0.15, 0.2) is 199 Å². The molecule has 0 N–H and O–H groups in total. The Morgan fingerprint density at radius 1 is 0.339 bits per heavy atom. The van der Waals surface area contributed by atoms with Gasteiger partial charge in [0, 0.05) is 33.0 Å². The average molecular weight is 717 g/mol. The van der Waals surface area contributed by atoms with Crippen molar-refractivity contribution in [1.29, 1.82) is 0 Å². The largest absolute Gasteiger partial charge is 0.455 e. The van der Waals surface area contributed by atoms with E-state index < -0.39 is 0 Å². The quantitative estimate of drug-likeness (QED) is 0.172. The van der Waals surface area contributed by atoms with Crippen molar-refractivity contribution in [3.8, 4) is 62.1 Å². The first-order chi connectivity index (χ1) is 27.8. The summed E-state index contributed by atoms with van der Waals surface area (Å²) in [6, 6.07) is 67.3. The second-order valence-corrected chi connectivity index (χ2v) is 14.0. The lowest BCUT2D eigenvalue weighted by atomic mass is 10.0. The number of aromatic nitrogens is 4. The van der Waals surface area contributed by atoms with Crippen LogP contribution in [0.5, 0.6) is 0 Å². The fourth-order valence-corrected chi connectivity index (χ4v) is 8.00. The van der Waals surface area contributed by atoms with Gasteiger partial charge < -0.3 is 8.98 Å². The van der Waals surface area contributed by atoms with E-state index in [1.165, 1.54) is 0 Å². The molecule has 11 rings (SSSR count). The highest BCUT2D eigenvalue weighted by Crippen LogP contribution is 2.43. The van der Waals surface area contributed by atoms with Crippen LogP contribution in [0.25, 0.3) is 106 Å². The summed E-state index contributed by atoms with van der Waals surface area (Å²) in [4.78, 5) is 15.5. The van der Waals surface area contributed by atoms with Gasteiger partial charge in [-0.25, -0.2) is 15.0 Å². The number of benzene rings is 8. The first-order valence-electron chi connectivity index (χ1n) is 18.8. The normalized spacial score (nSPS) is 11.6. The van der Waals surface area contributed by atoms with Crippen LogP contribution in [-0.2, 0) is 0 Å². The molecule has 3 aromatic heterocycles. The Balaban J connectivity index is 1.13. The molecule has 0 saturated carbocycles. The molecule has 262 valence electrons. The minimum atomic E-state index is 0.551. The van der Waals surface area contributed by atoms with Crippen molar-refractivity contribution in [2.24, 2.45) is 0 Å². The minimum absolute atomic E-state index is 0.551. The maximum absolute atomic E-state index is 7.03. The van der Waals surface area contributed by atoms with Crippen LogP contribution in [0.2, 0.25) is 0 Å². The molecule has 11 aromatic rings. The molecule has 0 fully saturated rings. The predicted molar refractivity (Wildman–Crippen MR) is 229 cm³/mol. The summed E-state index contributed by atoms with van der Waals surface area (Å²) in [7, 11) is 0. The smallest absolute Gasteiger partial charge is 0.167 e. The third-order valence-corrected chi connectivity index (χ3v) is 10.7. The zero-order valence-electron chi connectivity index (χ0n) is 30.2. The van der Waals surface area contributed by atoms with E-state index in [9.17, 15) is 0 Å². The number of hydrogen-bond donors (Lipinski definition) is 0. The molecule has 8 aromatic carbocycles. The Morgan fingerprint density at radius 3 is 1.64 bits per heavy atom. The molecule has 5 nitrogen and oxygen atoms in total. The number of furan rings is 1. The molecule has 0 radical (unpaired) electrons. The molecule has 0 bridgehead atoms. The van der Waals surface area contributed by atoms with Crippen molar-refractivity contribution in [1.82, 2.24) is 19.5 Å². The van der Waals surface area contributed by atoms with Crippen molar-refractivity contribution >= 4 is 43.7 Å². The maximum Gasteiger partial charge on any atom is 0.167 e. The van der Waals surface area contributed by atoms with Crippen LogP contribution >= 0.6 is 0 Å². The molecule has 56 heavy (non-hydrogen) atoms. The van der Waals surface area contributed by atoms with Crippen molar-refractivity contribution in [2.45, 2.75) is 0 Å². The molecule has 0 aliphatic heterocycles. The Labute approximate surface area is 322 Å². The molecule has 0 spiro atoms. The van der Waals surface area contributed by atoms with Gasteiger partial charge >= 0.3 is 0 Å². The number of para-hydroxylation sites is 3. The van der Waals surface area contributed by atoms with E-state index in [1.807, 2.05) is 18.2 Å². The van der Waals surface area contributed by atoms with E-state index in [4.69, 9.17) is 19.4 Å². The van der Waals surface area contributed by atoms with Gasteiger partial charge in [-0.2, -0.15) is 0 Å². The molecule has 0 saturated heterocycles. The van der Waals surface area contributed by atoms with E-state index in [2.05, 4.69) is 180 Å². The lowest BCUT2D eigenvalue weighted by Crippen LogP contribution is -2.00. The van der Waals surface area contributed by atoms with Gasteiger partial charge in [0.1, 0.15) is 11.2 Å². The summed E-state index contributed by atoms with van der Waals surface area (Å²) in [5, 5.41) is 4.28. The highest BCUT2D eigenvalue weighted by atomic mass is 16.3. The van der Waals surface area contributed by atoms with Gasteiger partial charge in [0.2, 0.25) is 0 Å². The lowest BCUT2D eigenvalue weighted by Gasteiger charge is -2.10. The number of hydrogen-bond acceptors (Lipinski definition) is 4. The summed E-state index contributed by atoms with van der Waals surface area (Å²) < 4.78 is 9.34. The number of rotatable bonds is 6. The fourth-order valence-electron chi connectivity index (χ4n) is 8.00. The highest BCUT2D eigenvalue weighted by Gasteiger charge is 2.22. The molecule has 0 aliphatic rings. The van der Waals surface area contributed by atoms with Crippen LogP contribution in [-0.4, -0.2) is 19.5 Å². The molecule has 0 unspecified atom stereocenters. The zero-order valence-corrected chi connectivity index (χ0v) is 30.2. The Bertz CT molecular complexity index is 3220. The second-order valence-electron chi connectivity index (χ2n) is 14.0. The average Bonchev–Trinajstić information content (AvgIpc) is 3.83. The Hall–Kier alpha value is -7.63. The number of nitrogens with zero attached hydrogens (tertiary/aromatic N) is 4. The van der Waals surface area contributed by atoms with Gasteiger partial charge in [-0.3, -0.25) is 0 Å². The molecule has 0 atom stereocenters. The monoisotopic (exact) mass is 716 g/mol. The van der Waals surface area contributed by atoms with Crippen molar-refractivity contribution in [3.63, 3.8) is 0 Å². The summed E-state index contributed by atoms with van der Waals surface area (Å²) in [5.41, 5.74) is 12.0. The van der Waals surface area contributed by atoms with E-state index in [-0.39, 0.29) is 0 Å². The van der Waals surface area contributed by atoms with Crippen molar-refractivity contribution in [3.05, 3.63) is 194 Å². The summed E-state index contributed by atoms with van der Waals surface area (Å²) in [5.74, 6) is 1.74. The van der Waals surface area contributed by atoms with Crippen LogP contribution in [0.3, 0.4) is 0 Å². The van der Waals surface area contributed by atoms with Gasteiger partial charge in [0.25, 0.3) is 0 Å². The van der Waals surface area contributed by atoms with Crippen molar-refractivity contribution in [2.75, 3.05) is 0 Å². The van der Waals surface area contributed by atoms with Crippen LogP contribution in [0.4, 0.5) is 0 Å². The molecular formula is C51H32N4O. The lowest BCUT2D eigenvalue weighted by molar-refractivity contribution is 0.673. The molecule has 3 heterocycles. The summed E-state index contributed by atoms with van der Waals surface area (Å²) in [6.07, 6.45) is 0. The standard InChI is InChI=1S/C51H32N4O/c1-4-14-33(15-5-1)35-26-28-36(29-27-35)49-52-50(38-19-12-18-37(32-38)34-16-6-2-7-17-34)54-51(53-49)43-24-13-23-40-41-30-31-45-46(48(41)56-47(40)43)42-22-10-11-25-44(42)55(45)39-20-8-3-9-21-39/h1-32H. The number of fused-ring (bicyclic) bond motifs is 7. The fraction of sp³-hybridized carbons (Fsp3) is 0. The Morgan fingerprint density at radius 2 is 0.875 bits per heavy atom. The summed E-state index contributed by atoms with van der Waals surface area (Å²) in [6.45, 7) is 0. The van der Waals surface area contributed by atoms with Crippen LogP contribution in [0.1, 0.15) is 0 Å². The van der Waals surface area contributed by atoms with Gasteiger partial charge in [-0.05, 0) is 64.7 Å². The molecular weight excluding hydrogens is 685 g/mol. The summed E-state index contributed by atoms with van der Waals surface area (Å²) >= 11 is 0. The third kappa shape index (κ3) is 5.29. The van der Waals surface area contributed by atoms with Crippen LogP contribution in [0, 0.1) is 0 Å². The topological polar surface area (TPSA) is 56.7 Å². The molecule has 5 heteroatoms. The van der Waals surface area contributed by atoms with Gasteiger partial charge in [-0.1, -0.05) is 152 Å². The van der Waals surface area contributed by atoms with Crippen molar-refractivity contribution < 1.29 is 4.42 Å². The first kappa shape index (κ1) is 31.9. The molecule has 0 aliphatic carbocycles.